The third kappa shape index (κ3) is 3.04. The second kappa shape index (κ2) is 5.62. The number of hydrogen-bond donors (Lipinski definition) is 3. The highest BCUT2D eigenvalue weighted by molar-refractivity contribution is 5.45. The van der Waals surface area contributed by atoms with Crippen LogP contribution in [0.4, 0.5) is 11.6 Å². The standard InChI is InChI=1S/C10H17N5O/c11-15-10-6-9(13-7-14-10)12-4-3-8-2-1-5-16-8/h6-8H,1-5,11H2,(H2,12,13,14,15). The number of hydrazine groups is 1. The van der Waals surface area contributed by atoms with E-state index < -0.39 is 0 Å². The van der Waals surface area contributed by atoms with Crippen LogP contribution in [0.15, 0.2) is 12.4 Å². The van der Waals surface area contributed by atoms with Gasteiger partial charge in [0.1, 0.15) is 18.0 Å². The highest BCUT2D eigenvalue weighted by atomic mass is 16.5. The summed E-state index contributed by atoms with van der Waals surface area (Å²) < 4.78 is 5.53. The summed E-state index contributed by atoms with van der Waals surface area (Å²) in [6, 6.07) is 1.77. The van der Waals surface area contributed by atoms with Gasteiger partial charge in [-0.05, 0) is 19.3 Å². The lowest BCUT2D eigenvalue weighted by molar-refractivity contribution is 0.107. The third-order valence-electron chi connectivity index (χ3n) is 2.61. The van der Waals surface area contributed by atoms with E-state index in [0.29, 0.717) is 11.9 Å². The van der Waals surface area contributed by atoms with Gasteiger partial charge < -0.3 is 15.5 Å². The highest BCUT2D eigenvalue weighted by Crippen LogP contribution is 2.15. The van der Waals surface area contributed by atoms with Crippen molar-refractivity contribution in [1.82, 2.24) is 9.97 Å². The summed E-state index contributed by atoms with van der Waals surface area (Å²) in [6.45, 7) is 1.76. The molecule has 1 aliphatic rings. The third-order valence-corrected chi connectivity index (χ3v) is 2.61. The average Bonchev–Trinajstić information content (AvgIpc) is 2.82. The number of anilines is 2. The smallest absolute Gasteiger partial charge is 0.145 e. The Labute approximate surface area is 94.6 Å². The van der Waals surface area contributed by atoms with Crippen molar-refractivity contribution in [2.75, 3.05) is 23.9 Å². The Kier molecular flexibility index (Phi) is 3.90. The van der Waals surface area contributed by atoms with E-state index in [9.17, 15) is 0 Å². The van der Waals surface area contributed by atoms with Crippen LogP contribution in [-0.4, -0.2) is 29.2 Å². The Morgan fingerprint density at radius 2 is 2.31 bits per heavy atom. The molecule has 0 aliphatic carbocycles. The molecule has 4 N–H and O–H groups in total. The zero-order chi connectivity index (χ0) is 11.2. The molecule has 1 fully saturated rings. The number of nitrogen functional groups attached to an aromatic ring is 1. The van der Waals surface area contributed by atoms with E-state index in [4.69, 9.17) is 10.6 Å². The van der Waals surface area contributed by atoms with Gasteiger partial charge in [-0.15, -0.1) is 0 Å². The van der Waals surface area contributed by atoms with Crippen molar-refractivity contribution in [3.8, 4) is 0 Å². The molecule has 1 aromatic rings. The minimum Gasteiger partial charge on any atom is -0.378 e. The second-order valence-corrected chi connectivity index (χ2v) is 3.78. The fourth-order valence-electron chi connectivity index (χ4n) is 1.77. The molecule has 6 nitrogen and oxygen atoms in total. The lowest BCUT2D eigenvalue weighted by Crippen LogP contribution is -2.14. The van der Waals surface area contributed by atoms with E-state index in [-0.39, 0.29) is 0 Å². The summed E-state index contributed by atoms with van der Waals surface area (Å²) in [6.07, 6.45) is 5.24. The van der Waals surface area contributed by atoms with E-state index >= 15 is 0 Å². The maximum Gasteiger partial charge on any atom is 0.145 e. The first-order valence-corrected chi connectivity index (χ1v) is 5.52. The summed E-state index contributed by atoms with van der Waals surface area (Å²) in [5.74, 6) is 6.64. The number of nitrogens with zero attached hydrogens (tertiary/aromatic N) is 2. The van der Waals surface area contributed by atoms with Crippen molar-refractivity contribution in [3.63, 3.8) is 0 Å². The summed E-state index contributed by atoms with van der Waals surface area (Å²) in [7, 11) is 0. The molecule has 0 spiro atoms. The summed E-state index contributed by atoms with van der Waals surface area (Å²) >= 11 is 0. The number of nitrogens with two attached hydrogens (primary N) is 1. The van der Waals surface area contributed by atoms with E-state index in [1.807, 2.05) is 0 Å². The van der Waals surface area contributed by atoms with Crippen LogP contribution < -0.4 is 16.6 Å². The Balaban J connectivity index is 1.75. The topological polar surface area (TPSA) is 85.1 Å². The van der Waals surface area contributed by atoms with E-state index in [2.05, 4.69) is 20.7 Å². The molecular weight excluding hydrogens is 206 g/mol. The molecule has 2 rings (SSSR count). The predicted molar refractivity (Wildman–Crippen MR) is 61.9 cm³/mol. The molecule has 1 aromatic heterocycles. The molecule has 88 valence electrons. The summed E-state index contributed by atoms with van der Waals surface area (Å²) in [4.78, 5) is 8.02. The number of ether oxygens (including phenoxy) is 1. The first kappa shape index (κ1) is 11.1. The molecule has 0 radical (unpaired) electrons. The largest absolute Gasteiger partial charge is 0.378 e. The first-order chi connectivity index (χ1) is 7.88. The number of hydrogen-bond acceptors (Lipinski definition) is 6. The van der Waals surface area contributed by atoms with Gasteiger partial charge in [-0.3, -0.25) is 0 Å². The first-order valence-electron chi connectivity index (χ1n) is 5.52. The van der Waals surface area contributed by atoms with Gasteiger partial charge in [0.25, 0.3) is 0 Å². The summed E-state index contributed by atoms with van der Waals surface area (Å²) in [5.41, 5.74) is 2.48. The van der Waals surface area contributed by atoms with E-state index in [1.54, 1.807) is 6.07 Å². The van der Waals surface area contributed by atoms with Crippen LogP contribution in [0.3, 0.4) is 0 Å². The maximum atomic E-state index is 5.53. The van der Waals surface area contributed by atoms with E-state index in [1.165, 1.54) is 19.2 Å². The molecule has 1 atom stereocenters. The van der Waals surface area contributed by atoms with Gasteiger partial charge in [-0.1, -0.05) is 0 Å². The fourth-order valence-corrected chi connectivity index (χ4v) is 1.77. The van der Waals surface area contributed by atoms with Crippen molar-refractivity contribution >= 4 is 11.6 Å². The lowest BCUT2D eigenvalue weighted by Gasteiger charge is -2.10. The number of rotatable bonds is 5. The Morgan fingerprint density at radius 1 is 1.44 bits per heavy atom. The van der Waals surface area contributed by atoms with Crippen molar-refractivity contribution in [1.29, 1.82) is 0 Å². The maximum absolute atomic E-state index is 5.53. The molecule has 0 saturated carbocycles. The number of aromatic nitrogens is 2. The monoisotopic (exact) mass is 223 g/mol. The zero-order valence-corrected chi connectivity index (χ0v) is 9.15. The molecule has 1 aliphatic heterocycles. The van der Waals surface area contributed by atoms with Gasteiger partial charge in [0.2, 0.25) is 0 Å². The summed E-state index contributed by atoms with van der Waals surface area (Å²) in [5, 5.41) is 3.22. The quantitative estimate of drug-likeness (QED) is 0.504. The normalized spacial score (nSPS) is 19.7. The van der Waals surface area contributed by atoms with Crippen molar-refractivity contribution in [3.05, 3.63) is 12.4 Å². The lowest BCUT2D eigenvalue weighted by atomic mass is 10.2. The Hall–Kier alpha value is -1.40. The van der Waals surface area contributed by atoms with Crippen LogP contribution in [0, 0.1) is 0 Å². The van der Waals surface area contributed by atoms with Gasteiger partial charge in [-0.25, -0.2) is 15.8 Å². The van der Waals surface area contributed by atoms with Crippen LogP contribution in [-0.2, 0) is 4.74 Å². The molecule has 6 heteroatoms. The minimum atomic E-state index is 0.404. The molecule has 0 aromatic carbocycles. The number of nitrogens with one attached hydrogen (secondary N) is 2. The Morgan fingerprint density at radius 3 is 3.06 bits per heavy atom. The molecule has 0 amide bonds. The SMILES string of the molecule is NNc1cc(NCCC2CCCO2)ncn1. The fraction of sp³-hybridized carbons (Fsp3) is 0.600. The van der Waals surface area contributed by atoms with Gasteiger partial charge in [0.05, 0.1) is 6.10 Å². The van der Waals surface area contributed by atoms with Crippen molar-refractivity contribution in [2.24, 2.45) is 5.84 Å². The molecule has 1 saturated heterocycles. The van der Waals surface area contributed by atoms with E-state index in [0.717, 1.165) is 25.4 Å². The highest BCUT2D eigenvalue weighted by Gasteiger charge is 2.14. The van der Waals surface area contributed by atoms with Crippen LogP contribution in [0.1, 0.15) is 19.3 Å². The van der Waals surface area contributed by atoms with Crippen LogP contribution in [0.5, 0.6) is 0 Å². The molecule has 1 unspecified atom stereocenters. The van der Waals surface area contributed by atoms with Crippen molar-refractivity contribution in [2.45, 2.75) is 25.4 Å². The van der Waals surface area contributed by atoms with Crippen LogP contribution >= 0.6 is 0 Å². The van der Waals surface area contributed by atoms with Gasteiger partial charge in [0.15, 0.2) is 0 Å². The van der Waals surface area contributed by atoms with Crippen LogP contribution in [0.25, 0.3) is 0 Å². The molecule has 0 bridgehead atoms. The molecule has 16 heavy (non-hydrogen) atoms. The minimum absolute atomic E-state index is 0.404. The van der Waals surface area contributed by atoms with Crippen LogP contribution in [0.2, 0.25) is 0 Å². The van der Waals surface area contributed by atoms with Crippen molar-refractivity contribution < 1.29 is 4.74 Å². The predicted octanol–water partition coefficient (Wildman–Crippen LogP) is 0.743. The van der Waals surface area contributed by atoms with Gasteiger partial charge in [-0.2, -0.15) is 0 Å². The Bertz CT molecular complexity index is 327. The second-order valence-electron chi connectivity index (χ2n) is 3.78. The average molecular weight is 223 g/mol. The molecular formula is C10H17N5O. The zero-order valence-electron chi connectivity index (χ0n) is 9.15. The van der Waals surface area contributed by atoms with Gasteiger partial charge >= 0.3 is 0 Å². The van der Waals surface area contributed by atoms with Gasteiger partial charge in [0, 0.05) is 19.2 Å². The molecule has 2 heterocycles.